The van der Waals surface area contributed by atoms with Crippen LogP contribution in [-0.2, 0) is 14.3 Å². The Kier molecular flexibility index (Phi) is 3.90. The van der Waals surface area contributed by atoms with E-state index in [1.807, 2.05) is 0 Å². The van der Waals surface area contributed by atoms with Gasteiger partial charge >= 0.3 is 0 Å². The zero-order valence-electron chi connectivity index (χ0n) is 11.2. The lowest BCUT2D eigenvalue weighted by Gasteiger charge is -2.41. The van der Waals surface area contributed by atoms with Gasteiger partial charge in [0.25, 0.3) is 0 Å². The average molecular weight is 254 g/mol. The number of hydrogen-bond donors (Lipinski definition) is 1. The minimum atomic E-state index is -0.367. The minimum Gasteiger partial charge on any atom is -0.378 e. The van der Waals surface area contributed by atoms with Crippen LogP contribution in [0.4, 0.5) is 0 Å². The van der Waals surface area contributed by atoms with Crippen LogP contribution in [-0.4, -0.2) is 48.6 Å². The van der Waals surface area contributed by atoms with Gasteiger partial charge in [0, 0.05) is 20.2 Å². The van der Waals surface area contributed by atoms with Gasteiger partial charge in [-0.25, -0.2) is 0 Å². The quantitative estimate of drug-likeness (QED) is 0.806. The van der Waals surface area contributed by atoms with Crippen molar-refractivity contribution in [2.75, 3.05) is 20.2 Å². The van der Waals surface area contributed by atoms with Crippen LogP contribution >= 0.6 is 0 Å². The molecule has 0 radical (unpaired) electrons. The van der Waals surface area contributed by atoms with Crippen molar-refractivity contribution >= 4 is 11.8 Å². The highest BCUT2D eigenvalue weighted by molar-refractivity contribution is 5.88. The standard InChI is InChI=1S/C13H22N2O3/c1-10-12(17)14-7-4-8-15(10)11(16)9-13(18-2)5-3-6-13/h10H,3-9H2,1-2H3,(H,14,17). The maximum Gasteiger partial charge on any atom is 0.242 e. The van der Waals surface area contributed by atoms with Crippen molar-refractivity contribution < 1.29 is 14.3 Å². The molecule has 1 N–H and O–H groups in total. The smallest absolute Gasteiger partial charge is 0.242 e. The van der Waals surface area contributed by atoms with E-state index in [9.17, 15) is 9.59 Å². The summed E-state index contributed by atoms with van der Waals surface area (Å²) < 4.78 is 5.48. The highest BCUT2D eigenvalue weighted by atomic mass is 16.5. The molecule has 2 rings (SSSR count). The van der Waals surface area contributed by atoms with Gasteiger partial charge in [-0.3, -0.25) is 9.59 Å². The molecule has 1 atom stereocenters. The van der Waals surface area contributed by atoms with E-state index >= 15 is 0 Å². The van der Waals surface area contributed by atoms with Crippen LogP contribution in [0.1, 0.15) is 39.0 Å². The van der Waals surface area contributed by atoms with E-state index in [-0.39, 0.29) is 23.5 Å². The first-order valence-electron chi connectivity index (χ1n) is 6.70. The van der Waals surface area contributed by atoms with E-state index in [0.717, 1.165) is 25.7 Å². The van der Waals surface area contributed by atoms with Gasteiger partial charge in [-0.2, -0.15) is 0 Å². The van der Waals surface area contributed by atoms with E-state index < -0.39 is 0 Å². The fourth-order valence-corrected chi connectivity index (χ4v) is 2.69. The molecule has 5 nitrogen and oxygen atoms in total. The lowest BCUT2D eigenvalue weighted by atomic mass is 9.77. The number of amides is 2. The number of hydrogen-bond acceptors (Lipinski definition) is 3. The maximum absolute atomic E-state index is 12.3. The summed E-state index contributed by atoms with van der Waals surface area (Å²) in [6.45, 7) is 3.10. The zero-order valence-corrected chi connectivity index (χ0v) is 11.2. The molecule has 0 aromatic carbocycles. The van der Waals surface area contributed by atoms with Crippen LogP contribution in [0.2, 0.25) is 0 Å². The van der Waals surface area contributed by atoms with E-state index in [0.29, 0.717) is 19.5 Å². The number of carbonyl (C=O) groups is 2. The Hall–Kier alpha value is -1.10. The molecule has 0 bridgehead atoms. The molecule has 0 aromatic heterocycles. The molecular formula is C13H22N2O3. The highest BCUT2D eigenvalue weighted by Crippen LogP contribution is 2.38. The Morgan fingerprint density at radius 2 is 2.22 bits per heavy atom. The van der Waals surface area contributed by atoms with Gasteiger partial charge in [-0.1, -0.05) is 0 Å². The Labute approximate surface area is 108 Å². The Morgan fingerprint density at radius 3 is 2.78 bits per heavy atom. The van der Waals surface area contributed by atoms with E-state index in [1.54, 1.807) is 18.9 Å². The van der Waals surface area contributed by atoms with E-state index in [2.05, 4.69) is 5.32 Å². The Bertz CT molecular complexity index is 334. The van der Waals surface area contributed by atoms with Crippen molar-refractivity contribution in [3.63, 3.8) is 0 Å². The normalized spacial score (nSPS) is 27.1. The van der Waals surface area contributed by atoms with Crippen molar-refractivity contribution in [3.05, 3.63) is 0 Å². The summed E-state index contributed by atoms with van der Waals surface area (Å²) >= 11 is 0. The number of ether oxygens (including phenoxy) is 1. The number of rotatable bonds is 3. The molecule has 1 saturated heterocycles. The summed E-state index contributed by atoms with van der Waals surface area (Å²) in [6.07, 6.45) is 4.24. The monoisotopic (exact) mass is 254 g/mol. The summed E-state index contributed by atoms with van der Waals surface area (Å²) in [6, 6.07) is -0.367. The molecule has 0 aromatic rings. The molecule has 1 saturated carbocycles. The van der Waals surface area contributed by atoms with Crippen molar-refractivity contribution in [2.45, 2.75) is 50.7 Å². The molecular weight excluding hydrogens is 232 g/mol. The molecule has 1 aliphatic carbocycles. The number of nitrogens with zero attached hydrogens (tertiary/aromatic N) is 1. The topological polar surface area (TPSA) is 58.6 Å². The summed E-state index contributed by atoms with van der Waals surface area (Å²) in [5.41, 5.74) is -0.264. The predicted molar refractivity (Wildman–Crippen MR) is 67.0 cm³/mol. The zero-order chi connectivity index (χ0) is 13.2. The Morgan fingerprint density at radius 1 is 1.50 bits per heavy atom. The molecule has 2 amide bonds. The first-order valence-corrected chi connectivity index (χ1v) is 6.70. The van der Waals surface area contributed by atoms with Gasteiger partial charge in [0.2, 0.25) is 11.8 Å². The largest absolute Gasteiger partial charge is 0.378 e. The first kappa shape index (κ1) is 13.3. The second kappa shape index (κ2) is 5.26. The van der Waals surface area contributed by atoms with Gasteiger partial charge in [0.1, 0.15) is 6.04 Å². The van der Waals surface area contributed by atoms with Crippen molar-refractivity contribution in [1.82, 2.24) is 10.2 Å². The van der Waals surface area contributed by atoms with Crippen LogP contribution in [0.5, 0.6) is 0 Å². The third-order valence-electron chi connectivity index (χ3n) is 4.21. The third kappa shape index (κ3) is 2.51. The molecule has 18 heavy (non-hydrogen) atoms. The number of carbonyl (C=O) groups excluding carboxylic acids is 2. The van der Waals surface area contributed by atoms with Crippen LogP contribution in [0.15, 0.2) is 0 Å². The molecule has 5 heteroatoms. The van der Waals surface area contributed by atoms with Crippen LogP contribution in [0.25, 0.3) is 0 Å². The average Bonchev–Trinajstić information content (AvgIpc) is 2.47. The fraction of sp³-hybridized carbons (Fsp3) is 0.846. The number of nitrogens with one attached hydrogen (secondary N) is 1. The molecule has 102 valence electrons. The summed E-state index contributed by atoms with van der Waals surface area (Å²) in [7, 11) is 1.67. The summed E-state index contributed by atoms with van der Waals surface area (Å²) in [5.74, 6) is -0.0120. The first-order chi connectivity index (χ1) is 8.58. The van der Waals surface area contributed by atoms with Crippen molar-refractivity contribution in [3.8, 4) is 0 Å². The summed E-state index contributed by atoms with van der Waals surface area (Å²) in [4.78, 5) is 25.7. The van der Waals surface area contributed by atoms with Gasteiger partial charge in [0.05, 0.1) is 12.0 Å². The molecule has 2 aliphatic rings. The fourth-order valence-electron chi connectivity index (χ4n) is 2.69. The lowest BCUT2D eigenvalue weighted by molar-refractivity contribution is -0.148. The SMILES string of the molecule is COC1(CC(=O)N2CCCNC(=O)C2C)CCC1. The molecule has 1 aliphatic heterocycles. The third-order valence-corrected chi connectivity index (χ3v) is 4.21. The van der Waals surface area contributed by atoms with Gasteiger partial charge < -0.3 is 15.0 Å². The van der Waals surface area contributed by atoms with Gasteiger partial charge in [-0.15, -0.1) is 0 Å². The predicted octanol–water partition coefficient (Wildman–Crippen LogP) is 0.683. The minimum absolute atomic E-state index is 0.0427. The molecule has 2 fully saturated rings. The van der Waals surface area contributed by atoms with Crippen LogP contribution < -0.4 is 5.32 Å². The summed E-state index contributed by atoms with van der Waals surface area (Å²) in [5, 5.41) is 2.82. The van der Waals surface area contributed by atoms with E-state index in [1.165, 1.54) is 0 Å². The van der Waals surface area contributed by atoms with Crippen LogP contribution in [0, 0.1) is 0 Å². The van der Waals surface area contributed by atoms with Gasteiger partial charge in [0.15, 0.2) is 0 Å². The van der Waals surface area contributed by atoms with Crippen LogP contribution in [0.3, 0.4) is 0 Å². The maximum atomic E-state index is 12.3. The van der Waals surface area contributed by atoms with Crippen molar-refractivity contribution in [2.24, 2.45) is 0 Å². The number of methoxy groups -OCH3 is 1. The lowest BCUT2D eigenvalue weighted by Crippen LogP contribution is -2.50. The van der Waals surface area contributed by atoms with Crippen molar-refractivity contribution in [1.29, 1.82) is 0 Å². The molecule has 1 heterocycles. The van der Waals surface area contributed by atoms with E-state index in [4.69, 9.17) is 4.74 Å². The highest BCUT2D eigenvalue weighted by Gasteiger charge is 2.41. The van der Waals surface area contributed by atoms with Gasteiger partial charge in [-0.05, 0) is 32.6 Å². The molecule has 1 unspecified atom stereocenters. The second-order valence-electron chi connectivity index (χ2n) is 5.33. The molecule has 0 spiro atoms. The Balaban J connectivity index is 2.00. The second-order valence-corrected chi connectivity index (χ2v) is 5.33.